The lowest BCUT2D eigenvalue weighted by atomic mass is 10.0. The Kier molecular flexibility index (Phi) is 5.60. The number of amides is 1. The minimum absolute atomic E-state index is 0.116. The number of hydrogen-bond donors (Lipinski definition) is 2. The molecule has 0 aliphatic rings. The third-order valence-corrected chi connectivity index (χ3v) is 4.53. The van der Waals surface area contributed by atoms with E-state index >= 15 is 0 Å². The zero-order chi connectivity index (χ0) is 19.4. The Bertz CT molecular complexity index is 942. The molecule has 0 aliphatic heterocycles. The topological polar surface area (TPSA) is 71.2 Å². The number of esters is 1. The van der Waals surface area contributed by atoms with Crippen molar-refractivity contribution in [3.63, 3.8) is 0 Å². The smallest absolute Gasteiger partial charge is 0.311 e. The van der Waals surface area contributed by atoms with Gasteiger partial charge in [0.2, 0.25) is 0 Å². The SMILES string of the molecule is CC(C)c1ccc(NC(=O)[C@@H](C)OC(=O)Cc2c[nH]c3ccccc23)cc1. The maximum atomic E-state index is 12.3. The van der Waals surface area contributed by atoms with E-state index < -0.39 is 12.1 Å². The van der Waals surface area contributed by atoms with E-state index in [1.54, 1.807) is 13.1 Å². The number of para-hydroxylation sites is 1. The number of aromatic nitrogens is 1. The molecular weight excluding hydrogens is 340 g/mol. The average Bonchev–Trinajstić information content (AvgIpc) is 3.05. The molecule has 1 atom stereocenters. The first-order valence-electron chi connectivity index (χ1n) is 9.09. The van der Waals surface area contributed by atoms with Crippen LogP contribution in [0.2, 0.25) is 0 Å². The Morgan fingerprint density at radius 3 is 2.44 bits per heavy atom. The maximum absolute atomic E-state index is 12.3. The van der Waals surface area contributed by atoms with Gasteiger partial charge < -0.3 is 15.0 Å². The maximum Gasteiger partial charge on any atom is 0.311 e. The third kappa shape index (κ3) is 4.56. The number of aromatic amines is 1. The summed E-state index contributed by atoms with van der Waals surface area (Å²) < 4.78 is 5.30. The number of rotatable bonds is 6. The van der Waals surface area contributed by atoms with Gasteiger partial charge in [-0.25, -0.2) is 0 Å². The summed E-state index contributed by atoms with van der Waals surface area (Å²) in [6.07, 6.45) is 1.05. The van der Waals surface area contributed by atoms with Crippen LogP contribution in [0.15, 0.2) is 54.7 Å². The average molecular weight is 364 g/mol. The molecule has 2 aromatic carbocycles. The lowest BCUT2D eigenvalue weighted by molar-refractivity contribution is -0.152. The summed E-state index contributed by atoms with van der Waals surface area (Å²) in [6.45, 7) is 5.80. The number of benzene rings is 2. The molecule has 5 heteroatoms. The minimum Gasteiger partial charge on any atom is -0.452 e. The van der Waals surface area contributed by atoms with E-state index in [1.807, 2.05) is 48.5 Å². The van der Waals surface area contributed by atoms with Crippen LogP contribution in [0.1, 0.15) is 37.8 Å². The van der Waals surface area contributed by atoms with Crippen molar-refractivity contribution < 1.29 is 14.3 Å². The highest BCUT2D eigenvalue weighted by atomic mass is 16.5. The summed E-state index contributed by atoms with van der Waals surface area (Å²) in [6, 6.07) is 15.4. The van der Waals surface area contributed by atoms with Crippen molar-refractivity contribution >= 4 is 28.5 Å². The van der Waals surface area contributed by atoms with E-state index in [0.29, 0.717) is 11.6 Å². The lowest BCUT2D eigenvalue weighted by Crippen LogP contribution is -2.30. The highest BCUT2D eigenvalue weighted by Crippen LogP contribution is 2.19. The zero-order valence-electron chi connectivity index (χ0n) is 15.8. The van der Waals surface area contributed by atoms with Gasteiger partial charge in [0.25, 0.3) is 5.91 Å². The first-order chi connectivity index (χ1) is 12.9. The molecule has 0 unspecified atom stereocenters. The molecule has 3 aromatic rings. The molecule has 27 heavy (non-hydrogen) atoms. The predicted octanol–water partition coefficient (Wildman–Crippen LogP) is 4.40. The van der Waals surface area contributed by atoms with Crippen LogP contribution in [-0.2, 0) is 20.7 Å². The van der Waals surface area contributed by atoms with E-state index in [0.717, 1.165) is 16.5 Å². The number of H-pyrrole nitrogens is 1. The van der Waals surface area contributed by atoms with E-state index in [-0.39, 0.29) is 12.3 Å². The first-order valence-corrected chi connectivity index (χ1v) is 9.09. The minimum atomic E-state index is -0.868. The van der Waals surface area contributed by atoms with Crippen LogP contribution in [0.3, 0.4) is 0 Å². The summed E-state index contributed by atoms with van der Waals surface area (Å²) in [7, 11) is 0. The number of fused-ring (bicyclic) bond motifs is 1. The van der Waals surface area contributed by atoms with Crippen molar-refractivity contribution in [2.45, 2.75) is 39.2 Å². The van der Waals surface area contributed by atoms with Crippen LogP contribution < -0.4 is 5.32 Å². The molecule has 3 rings (SSSR count). The standard InChI is InChI=1S/C22H24N2O3/c1-14(2)16-8-10-18(11-9-16)24-22(26)15(3)27-21(25)12-17-13-23-20-7-5-4-6-19(17)20/h4-11,13-15,23H,12H2,1-3H3,(H,24,26)/t15-/m1/s1. The molecule has 0 spiro atoms. The molecule has 1 aromatic heterocycles. The van der Waals surface area contributed by atoms with Crippen LogP contribution in [0.25, 0.3) is 10.9 Å². The Morgan fingerprint density at radius 2 is 1.74 bits per heavy atom. The molecule has 2 N–H and O–H groups in total. The number of carbonyl (C=O) groups is 2. The second kappa shape index (κ2) is 8.08. The number of hydrogen-bond acceptors (Lipinski definition) is 3. The summed E-state index contributed by atoms with van der Waals surface area (Å²) in [5.74, 6) is -0.351. The van der Waals surface area contributed by atoms with Crippen LogP contribution >= 0.6 is 0 Å². The van der Waals surface area contributed by atoms with Gasteiger partial charge >= 0.3 is 5.97 Å². The van der Waals surface area contributed by atoms with Crippen molar-refractivity contribution in [2.24, 2.45) is 0 Å². The van der Waals surface area contributed by atoms with Crippen LogP contribution in [0.5, 0.6) is 0 Å². The molecule has 0 radical (unpaired) electrons. The first kappa shape index (κ1) is 18.7. The predicted molar refractivity (Wildman–Crippen MR) is 107 cm³/mol. The van der Waals surface area contributed by atoms with Gasteiger partial charge in [0.15, 0.2) is 6.10 Å². The largest absolute Gasteiger partial charge is 0.452 e. The van der Waals surface area contributed by atoms with Crippen molar-refractivity contribution in [1.29, 1.82) is 0 Å². The summed E-state index contributed by atoms with van der Waals surface area (Å²) >= 11 is 0. The van der Waals surface area contributed by atoms with Crippen LogP contribution in [0.4, 0.5) is 5.69 Å². The van der Waals surface area contributed by atoms with Crippen LogP contribution in [-0.4, -0.2) is 23.0 Å². The van der Waals surface area contributed by atoms with Gasteiger partial charge in [0.1, 0.15) is 0 Å². The fraction of sp³-hybridized carbons (Fsp3) is 0.273. The number of carbonyl (C=O) groups excluding carboxylic acids is 2. The van der Waals surface area contributed by atoms with Gasteiger partial charge in [-0.3, -0.25) is 9.59 Å². The molecule has 1 heterocycles. The zero-order valence-corrected chi connectivity index (χ0v) is 15.8. The van der Waals surface area contributed by atoms with Gasteiger partial charge in [0, 0.05) is 22.8 Å². The number of nitrogens with one attached hydrogen (secondary N) is 2. The second-order valence-corrected chi connectivity index (χ2v) is 6.93. The molecule has 1 amide bonds. The molecule has 0 fully saturated rings. The highest BCUT2D eigenvalue weighted by molar-refractivity contribution is 5.95. The van der Waals surface area contributed by atoms with Crippen LogP contribution in [0, 0.1) is 0 Å². The molecule has 0 saturated carbocycles. The fourth-order valence-electron chi connectivity index (χ4n) is 2.92. The normalized spacial score (nSPS) is 12.1. The molecule has 0 saturated heterocycles. The molecule has 5 nitrogen and oxygen atoms in total. The molecule has 140 valence electrons. The third-order valence-electron chi connectivity index (χ3n) is 4.53. The van der Waals surface area contributed by atoms with Gasteiger partial charge in [-0.2, -0.15) is 0 Å². The van der Waals surface area contributed by atoms with E-state index in [9.17, 15) is 9.59 Å². The Balaban J connectivity index is 1.56. The van der Waals surface area contributed by atoms with Crippen molar-refractivity contribution in [2.75, 3.05) is 5.32 Å². The Labute approximate surface area is 158 Å². The Morgan fingerprint density at radius 1 is 1.04 bits per heavy atom. The monoisotopic (exact) mass is 364 g/mol. The fourth-order valence-corrected chi connectivity index (χ4v) is 2.92. The van der Waals surface area contributed by atoms with Crippen molar-refractivity contribution in [3.8, 4) is 0 Å². The quantitative estimate of drug-likeness (QED) is 0.637. The number of anilines is 1. The molecule has 0 aliphatic carbocycles. The number of ether oxygens (including phenoxy) is 1. The van der Waals surface area contributed by atoms with E-state index in [2.05, 4.69) is 24.1 Å². The summed E-state index contributed by atoms with van der Waals surface area (Å²) in [4.78, 5) is 27.6. The van der Waals surface area contributed by atoms with Gasteiger partial charge in [-0.05, 0) is 42.2 Å². The van der Waals surface area contributed by atoms with Gasteiger partial charge in [0.05, 0.1) is 6.42 Å². The van der Waals surface area contributed by atoms with Gasteiger partial charge in [-0.1, -0.05) is 44.2 Å². The van der Waals surface area contributed by atoms with Gasteiger partial charge in [-0.15, -0.1) is 0 Å². The Hall–Kier alpha value is -3.08. The summed E-state index contributed by atoms with van der Waals surface area (Å²) in [5.41, 5.74) is 3.71. The molecule has 0 bridgehead atoms. The highest BCUT2D eigenvalue weighted by Gasteiger charge is 2.19. The lowest BCUT2D eigenvalue weighted by Gasteiger charge is -2.14. The molecular formula is C22H24N2O3. The summed E-state index contributed by atoms with van der Waals surface area (Å²) in [5, 5.41) is 3.76. The van der Waals surface area contributed by atoms with Crippen molar-refractivity contribution in [3.05, 3.63) is 65.9 Å². The second-order valence-electron chi connectivity index (χ2n) is 6.93. The van der Waals surface area contributed by atoms with E-state index in [1.165, 1.54) is 5.56 Å². The van der Waals surface area contributed by atoms with E-state index in [4.69, 9.17) is 4.74 Å². The van der Waals surface area contributed by atoms with Crippen molar-refractivity contribution in [1.82, 2.24) is 4.98 Å².